The van der Waals surface area contributed by atoms with Gasteiger partial charge in [0.05, 0.1) is 5.39 Å². The molecular weight excluding hydrogens is 320 g/mol. The van der Waals surface area contributed by atoms with Gasteiger partial charge in [0, 0.05) is 12.2 Å². The molecule has 1 aliphatic rings. The number of nitrogens with zero attached hydrogens (tertiary/aromatic N) is 3. The minimum atomic E-state index is 0.507. The molecule has 0 bridgehead atoms. The fourth-order valence-corrected chi connectivity index (χ4v) is 4.47. The van der Waals surface area contributed by atoms with Crippen molar-refractivity contribution in [3.63, 3.8) is 0 Å². The lowest BCUT2D eigenvalue weighted by Crippen LogP contribution is -2.06. The van der Waals surface area contributed by atoms with Crippen LogP contribution in [0, 0.1) is 5.92 Å². The molecule has 4 heteroatoms. The predicted octanol–water partition coefficient (Wildman–Crippen LogP) is 4.75. The van der Waals surface area contributed by atoms with Gasteiger partial charge in [0.1, 0.15) is 17.8 Å². The van der Waals surface area contributed by atoms with Gasteiger partial charge in [0.2, 0.25) is 0 Å². The van der Waals surface area contributed by atoms with Crippen molar-refractivity contribution in [3.05, 3.63) is 66.6 Å². The summed E-state index contributed by atoms with van der Waals surface area (Å²) in [6.07, 6.45) is 8.50. The van der Waals surface area contributed by atoms with E-state index in [4.69, 9.17) is 5.73 Å². The predicted molar refractivity (Wildman–Crippen MR) is 106 cm³/mol. The SMILES string of the molecule is Nc1ncnc2c1ccn2C1CCC(Cc2ccc3ccccc3c2)C1. The van der Waals surface area contributed by atoms with Crippen LogP contribution in [0.1, 0.15) is 30.9 Å². The summed E-state index contributed by atoms with van der Waals surface area (Å²) in [5.74, 6) is 1.29. The van der Waals surface area contributed by atoms with Crippen LogP contribution in [0.15, 0.2) is 61.1 Å². The number of nitrogen functional groups attached to an aromatic ring is 1. The molecule has 2 N–H and O–H groups in total. The lowest BCUT2D eigenvalue weighted by atomic mass is 9.96. The lowest BCUT2D eigenvalue weighted by molar-refractivity contribution is 0.483. The fraction of sp³-hybridized carbons (Fsp3) is 0.273. The van der Waals surface area contributed by atoms with Crippen molar-refractivity contribution in [2.75, 3.05) is 5.73 Å². The third kappa shape index (κ3) is 2.62. The fourth-order valence-electron chi connectivity index (χ4n) is 4.47. The second kappa shape index (κ2) is 6.13. The van der Waals surface area contributed by atoms with Crippen LogP contribution in [0.5, 0.6) is 0 Å². The van der Waals surface area contributed by atoms with Gasteiger partial charge in [0.25, 0.3) is 0 Å². The summed E-state index contributed by atoms with van der Waals surface area (Å²) >= 11 is 0. The molecule has 26 heavy (non-hydrogen) atoms. The van der Waals surface area contributed by atoms with Gasteiger partial charge in [-0.3, -0.25) is 0 Å². The van der Waals surface area contributed by atoms with Crippen molar-refractivity contribution in [2.24, 2.45) is 5.92 Å². The van der Waals surface area contributed by atoms with Crippen LogP contribution in [0.4, 0.5) is 5.82 Å². The highest BCUT2D eigenvalue weighted by Gasteiger charge is 2.27. The van der Waals surface area contributed by atoms with Gasteiger partial charge in [-0.15, -0.1) is 0 Å². The molecule has 5 rings (SSSR count). The molecule has 0 radical (unpaired) electrons. The molecule has 2 heterocycles. The van der Waals surface area contributed by atoms with Crippen molar-refractivity contribution >= 4 is 27.6 Å². The highest BCUT2D eigenvalue weighted by atomic mass is 15.1. The second-order valence-corrected chi connectivity index (χ2v) is 7.44. The molecule has 0 aliphatic heterocycles. The Bertz CT molecular complexity index is 1080. The zero-order valence-corrected chi connectivity index (χ0v) is 14.7. The number of hydrogen-bond donors (Lipinski definition) is 1. The van der Waals surface area contributed by atoms with Gasteiger partial charge in [-0.05, 0) is 54.0 Å². The molecule has 130 valence electrons. The largest absolute Gasteiger partial charge is 0.383 e. The molecule has 2 atom stereocenters. The van der Waals surface area contributed by atoms with Gasteiger partial charge in [-0.25, -0.2) is 9.97 Å². The number of anilines is 1. The Morgan fingerprint density at radius 1 is 1.00 bits per heavy atom. The number of rotatable bonds is 3. The summed E-state index contributed by atoms with van der Waals surface area (Å²) in [7, 11) is 0. The van der Waals surface area contributed by atoms with Crippen LogP contribution < -0.4 is 5.73 Å². The quantitative estimate of drug-likeness (QED) is 0.584. The Hall–Kier alpha value is -2.88. The van der Waals surface area contributed by atoms with Crippen LogP contribution in [0.3, 0.4) is 0 Å². The summed E-state index contributed by atoms with van der Waals surface area (Å²) in [4.78, 5) is 8.56. The molecule has 2 unspecified atom stereocenters. The summed E-state index contributed by atoms with van der Waals surface area (Å²) in [6.45, 7) is 0. The second-order valence-electron chi connectivity index (χ2n) is 7.44. The van der Waals surface area contributed by atoms with E-state index >= 15 is 0 Å². The van der Waals surface area contributed by atoms with Crippen molar-refractivity contribution in [1.29, 1.82) is 0 Å². The summed E-state index contributed by atoms with van der Waals surface area (Å²) in [5.41, 5.74) is 8.39. The third-order valence-corrected chi connectivity index (χ3v) is 5.79. The van der Waals surface area contributed by atoms with Gasteiger partial charge >= 0.3 is 0 Å². The maximum Gasteiger partial charge on any atom is 0.145 e. The van der Waals surface area contributed by atoms with Crippen molar-refractivity contribution < 1.29 is 0 Å². The Morgan fingerprint density at radius 3 is 2.81 bits per heavy atom. The zero-order valence-electron chi connectivity index (χ0n) is 14.7. The molecule has 4 nitrogen and oxygen atoms in total. The molecule has 1 fully saturated rings. The molecule has 4 aromatic rings. The zero-order chi connectivity index (χ0) is 17.5. The van der Waals surface area contributed by atoms with Crippen molar-refractivity contribution in [1.82, 2.24) is 14.5 Å². The number of fused-ring (bicyclic) bond motifs is 2. The number of hydrogen-bond acceptors (Lipinski definition) is 3. The first-order valence-corrected chi connectivity index (χ1v) is 9.32. The van der Waals surface area contributed by atoms with Crippen molar-refractivity contribution in [2.45, 2.75) is 31.7 Å². The molecule has 0 amide bonds. The van der Waals surface area contributed by atoms with Crippen LogP contribution in [-0.4, -0.2) is 14.5 Å². The Kier molecular flexibility index (Phi) is 3.63. The molecule has 1 saturated carbocycles. The van der Waals surface area contributed by atoms with Crippen LogP contribution >= 0.6 is 0 Å². The first kappa shape index (κ1) is 15.4. The van der Waals surface area contributed by atoms with Gasteiger partial charge < -0.3 is 10.3 Å². The number of benzene rings is 2. The maximum absolute atomic E-state index is 5.98. The van der Waals surface area contributed by atoms with E-state index in [0.29, 0.717) is 11.9 Å². The summed E-state index contributed by atoms with van der Waals surface area (Å²) in [6, 6.07) is 18.0. The molecule has 0 saturated heterocycles. The third-order valence-electron chi connectivity index (χ3n) is 5.79. The summed E-state index contributed by atoms with van der Waals surface area (Å²) < 4.78 is 2.30. The first-order valence-electron chi connectivity index (χ1n) is 9.32. The van der Waals surface area contributed by atoms with E-state index in [1.54, 1.807) is 6.33 Å². The van der Waals surface area contributed by atoms with E-state index in [1.165, 1.54) is 35.6 Å². The molecule has 2 aromatic heterocycles. The minimum Gasteiger partial charge on any atom is -0.383 e. The lowest BCUT2D eigenvalue weighted by Gasteiger charge is -2.15. The maximum atomic E-state index is 5.98. The normalized spacial score (nSPS) is 20.2. The molecule has 1 aliphatic carbocycles. The summed E-state index contributed by atoms with van der Waals surface area (Å²) in [5, 5.41) is 3.62. The van der Waals surface area contributed by atoms with E-state index in [9.17, 15) is 0 Å². The Labute approximate surface area is 152 Å². The van der Waals surface area contributed by atoms with Crippen molar-refractivity contribution in [3.8, 4) is 0 Å². The van der Waals surface area contributed by atoms with Crippen LogP contribution in [0.2, 0.25) is 0 Å². The number of aromatic nitrogens is 3. The standard InChI is InChI=1S/C22H22N4/c23-21-20-9-10-26(22(20)25-14-24-21)19-8-6-16(13-19)11-15-5-7-17-3-1-2-4-18(17)12-15/h1-5,7,9-10,12,14,16,19H,6,8,11,13H2,(H2,23,24,25). The van der Waals surface area contributed by atoms with Gasteiger partial charge in [0.15, 0.2) is 0 Å². The molecule has 0 spiro atoms. The monoisotopic (exact) mass is 342 g/mol. The molecule has 2 aromatic carbocycles. The van der Waals surface area contributed by atoms with Gasteiger partial charge in [-0.2, -0.15) is 0 Å². The first-order chi connectivity index (χ1) is 12.8. The average Bonchev–Trinajstić information content (AvgIpc) is 3.29. The van der Waals surface area contributed by atoms with Crippen LogP contribution in [0.25, 0.3) is 21.8 Å². The smallest absolute Gasteiger partial charge is 0.145 e. The Balaban J connectivity index is 1.35. The number of nitrogens with two attached hydrogens (primary N) is 1. The van der Waals surface area contributed by atoms with E-state index in [-0.39, 0.29) is 0 Å². The van der Waals surface area contributed by atoms with Crippen LogP contribution in [-0.2, 0) is 6.42 Å². The van der Waals surface area contributed by atoms with E-state index in [0.717, 1.165) is 23.4 Å². The highest BCUT2D eigenvalue weighted by molar-refractivity contribution is 5.86. The highest BCUT2D eigenvalue weighted by Crippen LogP contribution is 2.38. The van der Waals surface area contributed by atoms with E-state index < -0.39 is 0 Å². The van der Waals surface area contributed by atoms with Gasteiger partial charge in [-0.1, -0.05) is 42.5 Å². The van der Waals surface area contributed by atoms with E-state index in [1.807, 2.05) is 6.07 Å². The topological polar surface area (TPSA) is 56.7 Å². The average molecular weight is 342 g/mol. The molecular formula is C22H22N4. The van der Waals surface area contributed by atoms with E-state index in [2.05, 4.69) is 63.2 Å². The minimum absolute atomic E-state index is 0.507. The Morgan fingerprint density at radius 2 is 1.88 bits per heavy atom.